The highest BCUT2D eigenvalue weighted by atomic mass is 32.2. The maximum absolute atomic E-state index is 12.1. The standard InChI is InChI=1S/C15H25F3N4OS/c1-19-13(20-9-12(23)21-10-15(16,17)18)22-7-8-24-14(11-22)5-3-2-4-6-14/h2-11H2,1H3,(H,19,20)(H,21,23). The lowest BCUT2D eigenvalue weighted by Gasteiger charge is -2.45. The lowest BCUT2D eigenvalue weighted by atomic mass is 9.87. The van der Waals surface area contributed by atoms with Crippen LogP contribution in [0.3, 0.4) is 0 Å². The van der Waals surface area contributed by atoms with Crippen molar-refractivity contribution < 1.29 is 18.0 Å². The van der Waals surface area contributed by atoms with Gasteiger partial charge in [-0.15, -0.1) is 0 Å². The minimum Gasteiger partial charge on any atom is -0.347 e. The second-order valence-electron chi connectivity index (χ2n) is 6.31. The van der Waals surface area contributed by atoms with Gasteiger partial charge in [0.15, 0.2) is 5.96 Å². The summed E-state index contributed by atoms with van der Waals surface area (Å²) >= 11 is 2.02. The molecule has 0 aromatic heterocycles. The fraction of sp³-hybridized carbons (Fsp3) is 0.867. The maximum Gasteiger partial charge on any atom is 0.405 e. The lowest BCUT2D eigenvalue weighted by molar-refractivity contribution is -0.137. The molecular formula is C15H25F3N4OS. The minimum absolute atomic E-state index is 0.209. The van der Waals surface area contributed by atoms with Crippen LogP contribution in [0.2, 0.25) is 0 Å². The zero-order valence-electron chi connectivity index (χ0n) is 13.9. The van der Waals surface area contributed by atoms with Crippen LogP contribution < -0.4 is 10.6 Å². The number of hydrogen-bond acceptors (Lipinski definition) is 3. The van der Waals surface area contributed by atoms with Crippen LogP contribution in [0, 0.1) is 0 Å². The van der Waals surface area contributed by atoms with Gasteiger partial charge >= 0.3 is 6.18 Å². The van der Waals surface area contributed by atoms with Gasteiger partial charge in [0.1, 0.15) is 6.54 Å². The molecule has 1 aliphatic heterocycles. The Bertz CT molecular complexity index is 459. The van der Waals surface area contributed by atoms with Crippen molar-refractivity contribution in [3.05, 3.63) is 0 Å². The van der Waals surface area contributed by atoms with Crippen LogP contribution in [0.15, 0.2) is 4.99 Å². The first-order valence-corrected chi connectivity index (χ1v) is 9.25. The molecule has 9 heteroatoms. The number of nitrogens with zero attached hydrogens (tertiary/aromatic N) is 2. The van der Waals surface area contributed by atoms with Crippen molar-refractivity contribution in [1.29, 1.82) is 0 Å². The molecule has 2 fully saturated rings. The fourth-order valence-corrected chi connectivity index (χ4v) is 4.85. The third kappa shape index (κ3) is 5.75. The SMILES string of the molecule is CN=C(NCC(=O)NCC(F)(F)F)N1CCSC2(CCCCC2)C1. The van der Waals surface area contributed by atoms with Gasteiger partial charge in [0.2, 0.25) is 5.91 Å². The number of rotatable bonds is 3. The van der Waals surface area contributed by atoms with Crippen LogP contribution in [0.25, 0.3) is 0 Å². The van der Waals surface area contributed by atoms with E-state index in [0.29, 0.717) is 5.96 Å². The Balaban J connectivity index is 1.83. The monoisotopic (exact) mass is 366 g/mol. The summed E-state index contributed by atoms with van der Waals surface area (Å²) in [6.45, 7) is 0.187. The highest BCUT2D eigenvalue weighted by Crippen LogP contribution is 2.42. The Morgan fingerprint density at radius 2 is 1.96 bits per heavy atom. The number of alkyl halides is 3. The highest BCUT2D eigenvalue weighted by Gasteiger charge is 2.38. The fourth-order valence-electron chi connectivity index (χ4n) is 3.28. The van der Waals surface area contributed by atoms with Gasteiger partial charge < -0.3 is 15.5 Å². The molecule has 2 rings (SSSR count). The van der Waals surface area contributed by atoms with Gasteiger partial charge in [-0.1, -0.05) is 19.3 Å². The molecular weight excluding hydrogens is 341 g/mol. The number of carbonyl (C=O) groups is 1. The van der Waals surface area contributed by atoms with Crippen LogP contribution >= 0.6 is 11.8 Å². The molecule has 2 aliphatic rings. The van der Waals surface area contributed by atoms with E-state index < -0.39 is 18.6 Å². The largest absolute Gasteiger partial charge is 0.405 e. The van der Waals surface area contributed by atoms with E-state index in [4.69, 9.17) is 0 Å². The van der Waals surface area contributed by atoms with Crippen molar-refractivity contribution >= 4 is 23.6 Å². The second kappa shape index (κ2) is 8.31. The summed E-state index contributed by atoms with van der Waals surface area (Å²) in [6, 6.07) is 0. The topological polar surface area (TPSA) is 56.7 Å². The molecule has 1 spiro atoms. The Kier molecular flexibility index (Phi) is 6.65. The summed E-state index contributed by atoms with van der Waals surface area (Å²) in [7, 11) is 1.63. The Morgan fingerprint density at radius 1 is 1.25 bits per heavy atom. The predicted molar refractivity (Wildman–Crippen MR) is 90.3 cm³/mol. The van der Waals surface area contributed by atoms with Crippen LogP contribution in [0.4, 0.5) is 13.2 Å². The van der Waals surface area contributed by atoms with E-state index in [1.807, 2.05) is 17.1 Å². The molecule has 0 bridgehead atoms. The number of thioether (sulfide) groups is 1. The third-order valence-electron chi connectivity index (χ3n) is 4.42. The van der Waals surface area contributed by atoms with Gasteiger partial charge in [-0.3, -0.25) is 9.79 Å². The first kappa shape index (κ1) is 19.2. The molecule has 0 aromatic rings. The zero-order valence-corrected chi connectivity index (χ0v) is 14.7. The van der Waals surface area contributed by atoms with E-state index in [1.165, 1.54) is 32.1 Å². The van der Waals surface area contributed by atoms with Crippen molar-refractivity contribution in [2.75, 3.05) is 39.0 Å². The number of nitrogens with one attached hydrogen (secondary N) is 2. The van der Waals surface area contributed by atoms with Gasteiger partial charge in [-0.25, -0.2) is 0 Å². The Hall–Kier alpha value is -1.12. The molecule has 2 N–H and O–H groups in total. The molecule has 1 aliphatic carbocycles. The molecule has 0 radical (unpaired) electrons. The molecule has 1 heterocycles. The molecule has 0 aromatic carbocycles. The van der Waals surface area contributed by atoms with E-state index in [1.54, 1.807) is 7.05 Å². The van der Waals surface area contributed by atoms with Crippen LogP contribution in [0.5, 0.6) is 0 Å². The van der Waals surface area contributed by atoms with Crippen LogP contribution in [0.1, 0.15) is 32.1 Å². The number of hydrogen-bond donors (Lipinski definition) is 2. The number of guanidine groups is 1. The van der Waals surface area contributed by atoms with E-state index in [9.17, 15) is 18.0 Å². The molecule has 138 valence electrons. The highest BCUT2D eigenvalue weighted by molar-refractivity contribution is 8.00. The van der Waals surface area contributed by atoms with Gasteiger partial charge in [0.05, 0.1) is 6.54 Å². The van der Waals surface area contributed by atoms with E-state index in [-0.39, 0.29) is 11.3 Å². The van der Waals surface area contributed by atoms with E-state index in [0.717, 1.165) is 18.8 Å². The Labute approximate surface area is 144 Å². The van der Waals surface area contributed by atoms with Crippen molar-refractivity contribution in [3.63, 3.8) is 0 Å². The third-order valence-corrected chi connectivity index (χ3v) is 5.95. The normalized spacial score (nSPS) is 21.7. The molecule has 0 unspecified atom stereocenters. The average Bonchev–Trinajstić information content (AvgIpc) is 2.54. The molecule has 5 nitrogen and oxygen atoms in total. The molecule has 1 saturated heterocycles. The van der Waals surface area contributed by atoms with Crippen molar-refractivity contribution in [1.82, 2.24) is 15.5 Å². The maximum atomic E-state index is 12.1. The quantitative estimate of drug-likeness (QED) is 0.593. The Morgan fingerprint density at radius 3 is 2.58 bits per heavy atom. The van der Waals surface area contributed by atoms with Gasteiger partial charge in [-0.2, -0.15) is 24.9 Å². The minimum atomic E-state index is -4.39. The molecule has 1 saturated carbocycles. The first-order valence-electron chi connectivity index (χ1n) is 8.27. The molecule has 24 heavy (non-hydrogen) atoms. The van der Waals surface area contributed by atoms with Crippen LogP contribution in [-0.2, 0) is 4.79 Å². The van der Waals surface area contributed by atoms with Gasteiger partial charge in [0.25, 0.3) is 0 Å². The van der Waals surface area contributed by atoms with Gasteiger partial charge in [-0.05, 0) is 12.8 Å². The predicted octanol–water partition coefficient (Wildman–Crippen LogP) is 1.99. The van der Waals surface area contributed by atoms with Crippen molar-refractivity contribution in [3.8, 4) is 0 Å². The summed E-state index contributed by atoms with van der Waals surface area (Å²) in [5.41, 5.74) is 0. The average molecular weight is 366 g/mol. The van der Waals surface area contributed by atoms with E-state index >= 15 is 0 Å². The lowest BCUT2D eigenvalue weighted by Crippen LogP contribution is -2.54. The van der Waals surface area contributed by atoms with Crippen molar-refractivity contribution in [2.45, 2.75) is 43.0 Å². The van der Waals surface area contributed by atoms with Crippen molar-refractivity contribution in [2.24, 2.45) is 4.99 Å². The number of amides is 1. The molecule has 1 amide bonds. The number of carbonyl (C=O) groups excluding carboxylic acids is 1. The summed E-state index contributed by atoms with van der Waals surface area (Å²) in [5, 5.41) is 4.74. The summed E-state index contributed by atoms with van der Waals surface area (Å²) in [5.74, 6) is 0.899. The summed E-state index contributed by atoms with van der Waals surface area (Å²) in [4.78, 5) is 17.9. The molecule has 0 atom stereocenters. The summed E-state index contributed by atoms with van der Waals surface area (Å²) < 4.78 is 36.6. The second-order valence-corrected chi connectivity index (χ2v) is 7.87. The van der Waals surface area contributed by atoms with Crippen LogP contribution in [-0.4, -0.2) is 66.7 Å². The number of aliphatic imine (C=N–C) groups is 1. The first-order chi connectivity index (χ1) is 11.3. The van der Waals surface area contributed by atoms with Gasteiger partial charge in [0, 0.05) is 30.6 Å². The van der Waals surface area contributed by atoms with E-state index in [2.05, 4.69) is 15.2 Å². The smallest absolute Gasteiger partial charge is 0.347 e. The zero-order chi connectivity index (χ0) is 17.6. The number of halogens is 3. The summed E-state index contributed by atoms with van der Waals surface area (Å²) in [6.07, 6.45) is 1.76.